The predicted octanol–water partition coefficient (Wildman–Crippen LogP) is 2.38. The lowest BCUT2D eigenvalue weighted by Gasteiger charge is -2.05. The number of H-pyrrole nitrogens is 1. The molecule has 3 rings (SSSR count). The summed E-state index contributed by atoms with van der Waals surface area (Å²) in [6.45, 7) is 2.44. The van der Waals surface area contributed by atoms with Gasteiger partial charge in [0, 0.05) is 23.7 Å². The first-order valence-corrected chi connectivity index (χ1v) is 7.91. The number of aromatic amines is 1. The van der Waals surface area contributed by atoms with Gasteiger partial charge in [-0.3, -0.25) is 9.59 Å². The SMILES string of the molecule is CCOc1ccc2[nH]c(=O)c(-c3noc(CCCC(=O)O)n3)cc2c1. The number of nitrogens with one attached hydrogen (secondary N) is 1. The number of fused-ring (bicyclic) bond motifs is 1. The number of ether oxygens (including phenoxy) is 1. The second kappa shape index (κ2) is 7.16. The third kappa shape index (κ3) is 3.85. The van der Waals surface area contributed by atoms with Crippen molar-refractivity contribution in [2.75, 3.05) is 6.61 Å². The first-order valence-electron chi connectivity index (χ1n) is 7.91. The summed E-state index contributed by atoms with van der Waals surface area (Å²) in [4.78, 5) is 29.8. The van der Waals surface area contributed by atoms with Crippen LogP contribution in [0.4, 0.5) is 0 Å². The minimum atomic E-state index is -0.879. The average Bonchev–Trinajstić information content (AvgIpc) is 3.03. The highest BCUT2D eigenvalue weighted by Gasteiger charge is 2.14. The van der Waals surface area contributed by atoms with Crippen LogP contribution in [0.2, 0.25) is 0 Å². The van der Waals surface area contributed by atoms with Crippen molar-refractivity contribution in [1.29, 1.82) is 0 Å². The summed E-state index contributed by atoms with van der Waals surface area (Å²) < 4.78 is 10.6. The Balaban J connectivity index is 1.89. The Kier molecular flexibility index (Phi) is 4.78. The molecule has 8 heteroatoms. The molecule has 2 N–H and O–H groups in total. The van der Waals surface area contributed by atoms with Crippen LogP contribution >= 0.6 is 0 Å². The monoisotopic (exact) mass is 343 g/mol. The van der Waals surface area contributed by atoms with E-state index in [9.17, 15) is 9.59 Å². The molecule has 0 aliphatic rings. The van der Waals surface area contributed by atoms with Gasteiger partial charge < -0.3 is 19.4 Å². The minimum absolute atomic E-state index is 0.0223. The zero-order valence-electron chi connectivity index (χ0n) is 13.6. The molecule has 3 aromatic rings. The van der Waals surface area contributed by atoms with Crippen LogP contribution in [-0.2, 0) is 11.2 Å². The van der Waals surface area contributed by atoms with Crippen LogP contribution < -0.4 is 10.3 Å². The molecule has 1 aromatic carbocycles. The van der Waals surface area contributed by atoms with E-state index in [2.05, 4.69) is 15.1 Å². The summed E-state index contributed by atoms with van der Waals surface area (Å²) in [7, 11) is 0. The molecule has 0 spiro atoms. The number of nitrogens with zero attached hydrogens (tertiary/aromatic N) is 2. The predicted molar refractivity (Wildman–Crippen MR) is 89.6 cm³/mol. The van der Waals surface area contributed by atoms with Crippen LogP contribution in [0.3, 0.4) is 0 Å². The number of carboxylic acid groups (broad SMARTS) is 1. The quantitative estimate of drug-likeness (QED) is 0.676. The Morgan fingerprint density at radius 1 is 1.36 bits per heavy atom. The van der Waals surface area contributed by atoms with Crippen LogP contribution in [0.15, 0.2) is 33.6 Å². The topological polar surface area (TPSA) is 118 Å². The highest BCUT2D eigenvalue weighted by Crippen LogP contribution is 2.22. The fourth-order valence-corrected chi connectivity index (χ4v) is 2.46. The van der Waals surface area contributed by atoms with Gasteiger partial charge in [0.25, 0.3) is 5.56 Å². The molecular weight excluding hydrogens is 326 g/mol. The molecule has 8 nitrogen and oxygen atoms in total. The van der Waals surface area contributed by atoms with Crippen molar-refractivity contribution in [3.05, 3.63) is 40.5 Å². The molecule has 0 aliphatic carbocycles. The van der Waals surface area contributed by atoms with Gasteiger partial charge in [0.05, 0.1) is 12.2 Å². The van der Waals surface area contributed by atoms with Gasteiger partial charge >= 0.3 is 5.97 Å². The number of aliphatic carboxylic acids is 1. The number of carbonyl (C=O) groups is 1. The molecule has 0 saturated heterocycles. The Hall–Kier alpha value is -3.16. The average molecular weight is 343 g/mol. The third-order valence-corrected chi connectivity index (χ3v) is 3.62. The van der Waals surface area contributed by atoms with Gasteiger partial charge in [0.15, 0.2) is 0 Å². The van der Waals surface area contributed by atoms with Gasteiger partial charge in [0.2, 0.25) is 11.7 Å². The zero-order chi connectivity index (χ0) is 17.8. The number of carboxylic acids is 1. The molecule has 0 aliphatic heterocycles. The van der Waals surface area contributed by atoms with Crippen molar-refractivity contribution >= 4 is 16.9 Å². The summed E-state index contributed by atoms with van der Waals surface area (Å²) in [5.74, 6) is 0.306. The number of hydrogen-bond donors (Lipinski definition) is 2. The maximum atomic E-state index is 12.3. The molecule has 2 aromatic heterocycles. The lowest BCUT2D eigenvalue weighted by atomic mass is 10.1. The Bertz CT molecular complexity index is 960. The number of aromatic nitrogens is 3. The number of pyridine rings is 1. The van der Waals surface area contributed by atoms with E-state index >= 15 is 0 Å². The van der Waals surface area contributed by atoms with Gasteiger partial charge in [-0.25, -0.2) is 0 Å². The molecule has 25 heavy (non-hydrogen) atoms. The van der Waals surface area contributed by atoms with E-state index in [-0.39, 0.29) is 23.4 Å². The maximum absolute atomic E-state index is 12.3. The smallest absolute Gasteiger partial charge is 0.303 e. The number of hydrogen-bond acceptors (Lipinski definition) is 6. The lowest BCUT2D eigenvalue weighted by Crippen LogP contribution is -2.09. The van der Waals surface area contributed by atoms with E-state index in [1.807, 2.05) is 13.0 Å². The second-order valence-corrected chi connectivity index (χ2v) is 5.45. The second-order valence-electron chi connectivity index (χ2n) is 5.45. The highest BCUT2D eigenvalue weighted by atomic mass is 16.5. The van der Waals surface area contributed by atoms with Crippen molar-refractivity contribution in [3.8, 4) is 17.1 Å². The van der Waals surface area contributed by atoms with Crippen molar-refractivity contribution in [3.63, 3.8) is 0 Å². The highest BCUT2D eigenvalue weighted by molar-refractivity contribution is 5.83. The van der Waals surface area contributed by atoms with Gasteiger partial charge in [-0.15, -0.1) is 0 Å². The summed E-state index contributed by atoms with van der Waals surface area (Å²) in [6, 6.07) is 7.07. The summed E-state index contributed by atoms with van der Waals surface area (Å²) in [6.07, 6.45) is 0.760. The summed E-state index contributed by atoms with van der Waals surface area (Å²) in [5.41, 5.74) is 0.645. The van der Waals surface area contributed by atoms with E-state index in [0.717, 1.165) is 5.39 Å². The van der Waals surface area contributed by atoms with Crippen molar-refractivity contribution < 1.29 is 19.2 Å². The molecule has 130 valence electrons. The van der Waals surface area contributed by atoms with Crippen LogP contribution in [0.25, 0.3) is 22.3 Å². The number of rotatable bonds is 7. The zero-order valence-corrected chi connectivity index (χ0v) is 13.6. The van der Waals surface area contributed by atoms with Gasteiger partial charge in [-0.2, -0.15) is 4.98 Å². The molecule has 0 fully saturated rings. The number of aryl methyl sites for hydroxylation is 1. The van der Waals surface area contributed by atoms with E-state index in [1.54, 1.807) is 18.2 Å². The fourth-order valence-electron chi connectivity index (χ4n) is 2.46. The first-order chi connectivity index (χ1) is 12.1. The Labute approximate surface area is 142 Å². The maximum Gasteiger partial charge on any atom is 0.303 e. The molecule has 0 atom stereocenters. The Morgan fingerprint density at radius 3 is 2.96 bits per heavy atom. The van der Waals surface area contributed by atoms with E-state index in [4.69, 9.17) is 14.4 Å². The molecule has 0 amide bonds. The van der Waals surface area contributed by atoms with Crippen LogP contribution in [0.5, 0.6) is 5.75 Å². The largest absolute Gasteiger partial charge is 0.494 e. The molecule has 0 saturated carbocycles. The summed E-state index contributed by atoms with van der Waals surface area (Å²) >= 11 is 0. The normalized spacial score (nSPS) is 10.9. The molecule has 0 bridgehead atoms. The summed E-state index contributed by atoms with van der Waals surface area (Å²) in [5, 5.41) is 13.3. The fraction of sp³-hybridized carbons (Fsp3) is 0.294. The molecular formula is C17H17N3O5. The van der Waals surface area contributed by atoms with E-state index in [0.29, 0.717) is 36.6 Å². The van der Waals surface area contributed by atoms with Gasteiger partial charge in [0.1, 0.15) is 5.75 Å². The standard InChI is InChI=1S/C17H17N3O5/c1-2-24-11-6-7-13-10(8-11)9-12(17(23)18-13)16-19-14(25-20-16)4-3-5-15(21)22/h6-9H,2-5H2,1H3,(H,18,23)(H,21,22). The van der Waals surface area contributed by atoms with E-state index < -0.39 is 5.97 Å². The Morgan fingerprint density at radius 2 is 2.20 bits per heavy atom. The number of benzene rings is 1. The van der Waals surface area contributed by atoms with Crippen molar-refractivity contribution in [2.45, 2.75) is 26.2 Å². The molecule has 0 unspecified atom stereocenters. The van der Waals surface area contributed by atoms with Crippen molar-refractivity contribution in [1.82, 2.24) is 15.1 Å². The molecule has 0 radical (unpaired) electrons. The van der Waals surface area contributed by atoms with Crippen molar-refractivity contribution in [2.24, 2.45) is 0 Å². The minimum Gasteiger partial charge on any atom is -0.494 e. The van der Waals surface area contributed by atoms with Gasteiger partial charge in [-0.05, 0) is 37.6 Å². The molecule has 2 heterocycles. The lowest BCUT2D eigenvalue weighted by molar-refractivity contribution is -0.137. The van der Waals surface area contributed by atoms with Crippen LogP contribution in [0, 0.1) is 0 Å². The first kappa shape index (κ1) is 16.7. The third-order valence-electron chi connectivity index (χ3n) is 3.62. The van der Waals surface area contributed by atoms with E-state index in [1.165, 1.54) is 0 Å². The van der Waals surface area contributed by atoms with Crippen LogP contribution in [-0.4, -0.2) is 32.8 Å². The van der Waals surface area contributed by atoms with Gasteiger partial charge in [-0.1, -0.05) is 5.16 Å². The van der Waals surface area contributed by atoms with Crippen LogP contribution in [0.1, 0.15) is 25.7 Å².